The monoisotopic (exact) mass is 295 g/mol. The van der Waals surface area contributed by atoms with Crippen molar-refractivity contribution in [1.82, 2.24) is 5.32 Å². The zero-order valence-electron chi connectivity index (χ0n) is 11.2. The van der Waals surface area contributed by atoms with E-state index in [-0.39, 0.29) is 18.7 Å². The summed E-state index contributed by atoms with van der Waals surface area (Å²) >= 11 is 0. The predicted molar refractivity (Wildman–Crippen MR) is 65.7 cm³/mol. The molecular formula is C13H17F4NO2. The molecule has 0 fully saturated rings. The second-order valence-electron chi connectivity index (χ2n) is 5.23. The third-order valence-corrected chi connectivity index (χ3v) is 2.60. The Labute approximate surface area is 114 Å². The van der Waals surface area contributed by atoms with Gasteiger partial charge in [0, 0.05) is 36.7 Å². The van der Waals surface area contributed by atoms with Crippen molar-refractivity contribution in [2.75, 3.05) is 13.2 Å². The molecule has 0 radical (unpaired) electrons. The first-order valence-corrected chi connectivity index (χ1v) is 5.99. The standard InChI is InChI=1S/C13H17F4NO2/c1-12(2,8-19)7-18-6-9-3-4-10(14)5-11(9)20-13(15,16)17/h3-5,18-19H,6-8H2,1-2H3. The van der Waals surface area contributed by atoms with Crippen LogP contribution < -0.4 is 10.1 Å². The van der Waals surface area contributed by atoms with Crippen LogP contribution in [0.5, 0.6) is 5.75 Å². The van der Waals surface area contributed by atoms with Gasteiger partial charge < -0.3 is 15.2 Å². The first-order chi connectivity index (χ1) is 9.13. The summed E-state index contributed by atoms with van der Waals surface area (Å²) in [4.78, 5) is 0. The summed E-state index contributed by atoms with van der Waals surface area (Å²) in [7, 11) is 0. The topological polar surface area (TPSA) is 41.5 Å². The number of nitrogens with one attached hydrogen (secondary N) is 1. The average Bonchev–Trinajstić information content (AvgIpc) is 2.30. The van der Waals surface area contributed by atoms with Crippen LogP contribution in [-0.2, 0) is 6.54 Å². The van der Waals surface area contributed by atoms with Crippen LogP contribution in [0.25, 0.3) is 0 Å². The molecule has 1 aromatic rings. The van der Waals surface area contributed by atoms with E-state index in [1.165, 1.54) is 6.07 Å². The van der Waals surface area contributed by atoms with E-state index >= 15 is 0 Å². The molecule has 1 rings (SSSR count). The number of hydrogen-bond acceptors (Lipinski definition) is 3. The minimum Gasteiger partial charge on any atom is -0.405 e. The summed E-state index contributed by atoms with van der Waals surface area (Å²) < 4.78 is 53.4. The second-order valence-corrected chi connectivity index (χ2v) is 5.23. The Morgan fingerprint density at radius 2 is 1.90 bits per heavy atom. The van der Waals surface area contributed by atoms with Crippen LogP contribution in [0.15, 0.2) is 18.2 Å². The maximum Gasteiger partial charge on any atom is 0.573 e. The molecule has 7 heteroatoms. The molecule has 0 saturated carbocycles. The van der Waals surface area contributed by atoms with E-state index in [1.807, 2.05) is 0 Å². The molecule has 0 aliphatic heterocycles. The maximum absolute atomic E-state index is 13.0. The summed E-state index contributed by atoms with van der Waals surface area (Å²) in [6.45, 7) is 4.02. The van der Waals surface area contributed by atoms with Gasteiger partial charge in [0.05, 0.1) is 0 Å². The van der Waals surface area contributed by atoms with Crippen molar-refractivity contribution in [1.29, 1.82) is 0 Å². The van der Waals surface area contributed by atoms with Crippen molar-refractivity contribution in [3.05, 3.63) is 29.6 Å². The third-order valence-electron chi connectivity index (χ3n) is 2.60. The molecule has 0 aliphatic rings. The number of halogens is 4. The fraction of sp³-hybridized carbons (Fsp3) is 0.538. The van der Waals surface area contributed by atoms with Crippen molar-refractivity contribution in [3.63, 3.8) is 0 Å². The Morgan fingerprint density at radius 1 is 1.25 bits per heavy atom. The molecule has 1 aromatic carbocycles. The number of alkyl halides is 3. The molecule has 20 heavy (non-hydrogen) atoms. The maximum atomic E-state index is 13.0. The summed E-state index contributed by atoms with van der Waals surface area (Å²) in [5.74, 6) is -1.37. The molecule has 0 heterocycles. The molecule has 0 aromatic heterocycles. The molecule has 0 unspecified atom stereocenters. The smallest absolute Gasteiger partial charge is 0.405 e. The first-order valence-electron chi connectivity index (χ1n) is 5.99. The number of hydrogen-bond donors (Lipinski definition) is 2. The van der Waals surface area contributed by atoms with Crippen LogP contribution in [-0.4, -0.2) is 24.6 Å². The highest BCUT2D eigenvalue weighted by Gasteiger charge is 2.32. The van der Waals surface area contributed by atoms with Gasteiger partial charge >= 0.3 is 6.36 Å². The van der Waals surface area contributed by atoms with Crippen LogP contribution >= 0.6 is 0 Å². The first kappa shape index (κ1) is 16.7. The van der Waals surface area contributed by atoms with E-state index < -0.39 is 23.3 Å². The molecule has 0 atom stereocenters. The highest BCUT2D eigenvalue weighted by molar-refractivity contribution is 5.34. The molecule has 0 spiro atoms. The van der Waals surface area contributed by atoms with Gasteiger partial charge in [-0.25, -0.2) is 4.39 Å². The van der Waals surface area contributed by atoms with Gasteiger partial charge in [-0.3, -0.25) is 0 Å². The van der Waals surface area contributed by atoms with E-state index in [4.69, 9.17) is 5.11 Å². The normalized spacial score (nSPS) is 12.6. The second kappa shape index (κ2) is 6.41. The lowest BCUT2D eigenvalue weighted by molar-refractivity contribution is -0.275. The lowest BCUT2D eigenvalue weighted by atomic mass is 9.95. The molecule has 3 nitrogen and oxygen atoms in total. The lowest BCUT2D eigenvalue weighted by Gasteiger charge is -2.22. The van der Waals surface area contributed by atoms with E-state index in [1.54, 1.807) is 13.8 Å². The predicted octanol–water partition coefficient (Wildman–Crippen LogP) is 2.83. The quantitative estimate of drug-likeness (QED) is 0.793. The van der Waals surface area contributed by atoms with Gasteiger partial charge in [-0.05, 0) is 6.07 Å². The van der Waals surface area contributed by atoms with Crippen molar-refractivity contribution in [3.8, 4) is 5.75 Å². The van der Waals surface area contributed by atoms with Crippen LogP contribution in [0, 0.1) is 11.2 Å². The van der Waals surface area contributed by atoms with Crippen LogP contribution in [0.1, 0.15) is 19.4 Å². The summed E-state index contributed by atoms with van der Waals surface area (Å²) in [5, 5.41) is 12.0. The molecule has 0 aliphatic carbocycles. The fourth-order valence-corrected chi connectivity index (χ4v) is 1.49. The van der Waals surface area contributed by atoms with Gasteiger partial charge in [0.1, 0.15) is 11.6 Å². The Hall–Kier alpha value is -1.34. The minimum atomic E-state index is -4.87. The number of benzene rings is 1. The Bertz CT molecular complexity index is 446. The third kappa shape index (κ3) is 5.75. The van der Waals surface area contributed by atoms with Gasteiger partial charge in [-0.15, -0.1) is 13.2 Å². The van der Waals surface area contributed by atoms with Gasteiger partial charge in [0.25, 0.3) is 0 Å². The van der Waals surface area contributed by atoms with Crippen molar-refractivity contribution >= 4 is 0 Å². The SMILES string of the molecule is CC(C)(CO)CNCc1ccc(F)cc1OC(F)(F)F. The summed E-state index contributed by atoms with van der Waals surface area (Å²) in [5.41, 5.74) is -0.206. The highest BCUT2D eigenvalue weighted by atomic mass is 19.4. The molecule has 0 bridgehead atoms. The minimum absolute atomic E-state index is 0.0602. The zero-order chi connectivity index (χ0) is 15.4. The molecular weight excluding hydrogens is 278 g/mol. The summed E-state index contributed by atoms with van der Waals surface area (Å²) in [6, 6.07) is 2.99. The van der Waals surface area contributed by atoms with Crippen molar-refractivity contribution in [2.45, 2.75) is 26.8 Å². The summed E-state index contributed by atoms with van der Waals surface area (Å²) in [6.07, 6.45) is -4.87. The Kier molecular flexibility index (Phi) is 5.35. The lowest BCUT2D eigenvalue weighted by Crippen LogP contribution is -2.32. The molecule has 0 amide bonds. The number of rotatable bonds is 6. The van der Waals surface area contributed by atoms with Gasteiger partial charge in [0.15, 0.2) is 0 Å². The Balaban J connectivity index is 2.74. The largest absolute Gasteiger partial charge is 0.573 e. The Morgan fingerprint density at radius 3 is 2.45 bits per heavy atom. The van der Waals surface area contributed by atoms with E-state index in [9.17, 15) is 17.6 Å². The fourth-order valence-electron chi connectivity index (χ4n) is 1.49. The highest BCUT2D eigenvalue weighted by Crippen LogP contribution is 2.27. The zero-order valence-corrected chi connectivity index (χ0v) is 11.2. The average molecular weight is 295 g/mol. The number of aliphatic hydroxyl groups is 1. The van der Waals surface area contributed by atoms with Gasteiger partial charge in [-0.2, -0.15) is 0 Å². The van der Waals surface area contributed by atoms with Crippen molar-refractivity contribution in [2.24, 2.45) is 5.41 Å². The van der Waals surface area contributed by atoms with E-state index in [0.717, 1.165) is 6.07 Å². The van der Waals surface area contributed by atoms with E-state index in [0.29, 0.717) is 12.6 Å². The van der Waals surface area contributed by atoms with Crippen LogP contribution in [0.4, 0.5) is 17.6 Å². The van der Waals surface area contributed by atoms with Gasteiger partial charge in [0.2, 0.25) is 0 Å². The van der Waals surface area contributed by atoms with Crippen LogP contribution in [0.2, 0.25) is 0 Å². The van der Waals surface area contributed by atoms with Crippen molar-refractivity contribution < 1.29 is 27.4 Å². The van der Waals surface area contributed by atoms with Crippen LogP contribution in [0.3, 0.4) is 0 Å². The van der Waals surface area contributed by atoms with Gasteiger partial charge in [-0.1, -0.05) is 19.9 Å². The van der Waals surface area contributed by atoms with E-state index in [2.05, 4.69) is 10.1 Å². The molecule has 0 saturated heterocycles. The number of ether oxygens (including phenoxy) is 1. The molecule has 2 N–H and O–H groups in total. The molecule has 114 valence electrons. The number of aliphatic hydroxyl groups excluding tert-OH is 1.